The molecule has 8 nitrogen and oxygen atoms in total. The Hall–Kier alpha value is -2.97. The first-order valence-electron chi connectivity index (χ1n) is 13.3. The van der Waals surface area contributed by atoms with E-state index in [0.717, 1.165) is 44.8 Å². The van der Waals surface area contributed by atoms with Crippen molar-refractivity contribution < 1.29 is 9.59 Å². The number of amides is 2. The van der Waals surface area contributed by atoms with Crippen LogP contribution in [-0.4, -0.2) is 108 Å². The van der Waals surface area contributed by atoms with Crippen LogP contribution in [0, 0.1) is 0 Å². The number of hydrogen-bond donors (Lipinski definition) is 1. The van der Waals surface area contributed by atoms with E-state index < -0.39 is 0 Å². The largest absolute Gasteiger partial charge is 0.349 e. The first-order chi connectivity index (χ1) is 17.6. The standard InChI is InChI=1S/C28H38N6O2/c1-31-15-12-23(13-16-31)32-17-19-33(20-18-32)26(35)11-14-29-28(36)27-30-24-9-5-6-10-25(24)34(27)21-22-7-3-2-4-8-22/h2-10,23-25H,11-21H2,1H3,(H,29,36). The van der Waals surface area contributed by atoms with Crippen LogP contribution >= 0.6 is 0 Å². The van der Waals surface area contributed by atoms with Crippen molar-refractivity contribution in [3.8, 4) is 0 Å². The lowest BCUT2D eigenvalue weighted by Crippen LogP contribution is -2.54. The van der Waals surface area contributed by atoms with Crippen molar-refractivity contribution in [3.05, 3.63) is 60.2 Å². The van der Waals surface area contributed by atoms with Crippen LogP contribution in [0.1, 0.15) is 24.8 Å². The Bertz CT molecular complexity index is 1010. The molecule has 192 valence electrons. The lowest BCUT2D eigenvalue weighted by atomic mass is 10.0. The molecule has 3 heterocycles. The van der Waals surface area contributed by atoms with Crippen LogP contribution in [0.2, 0.25) is 0 Å². The highest BCUT2D eigenvalue weighted by Crippen LogP contribution is 2.25. The molecule has 36 heavy (non-hydrogen) atoms. The van der Waals surface area contributed by atoms with Gasteiger partial charge in [0.1, 0.15) is 0 Å². The van der Waals surface area contributed by atoms with Crippen molar-refractivity contribution >= 4 is 17.6 Å². The van der Waals surface area contributed by atoms with Crippen molar-refractivity contribution in [1.82, 2.24) is 24.9 Å². The van der Waals surface area contributed by atoms with Crippen LogP contribution in [0.3, 0.4) is 0 Å². The van der Waals surface area contributed by atoms with Gasteiger partial charge in [-0.3, -0.25) is 19.5 Å². The summed E-state index contributed by atoms with van der Waals surface area (Å²) in [6.07, 6.45) is 10.9. The van der Waals surface area contributed by atoms with E-state index >= 15 is 0 Å². The molecule has 3 aliphatic heterocycles. The highest BCUT2D eigenvalue weighted by Gasteiger charge is 2.37. The van der Waals surface area contributed by atoms with E-state index in [9.17, 15) is 9.59 Å². The summed E-state index contributed by atoms with van der Waals surface area (Å²) < 4.78 is 0. The minimum absolute atomic E-state index is 0.0402. The summed E-state index contributed by atoms with van der Waals surface area (Å²) in [4.78, 5) is 39.6. The molecule has 8 heteroatoms. The summed E-state index contributed by atoms with van der Waals surface area (Å²) in [6.45, 7) is 6.71. The quantitative estimate of drug-likeness (QED) is 0.628. The summed E-state index contributed by atoms with van der Waals surface area (Å²) in [5.74, 6) is 0.360. The molecular formula is C28H38N6O2. The smallest absolute Gasteiger partial charge is 0.286 e. The van der Waals surface area contributed by atoms with Crippen LogP contribution < -0.4 is 5.32 Å². The van der Waals surface area contributed by atoms with Gasteiger partial charge >= 0.3 is 0 Å². The first-order valence-corrected chi connectivity index (χ1v) is 13.3. The highest BCUT2D eigenvalue weighted by molar-refractivity contribution is 6.38. The van der Waals surface area contributed by atoms with Crippen molar-refractivity contribution in [2.24, 2.45) is 4.99 Å². The van der Waals surface area contributed by atoms with Gasteiger partial charge in [0.2, 0.25) is 5.91 Å². The molecule has 5 rings (SSSR count). The number of amidine groups is 1. The molecule has 2 amide bonds. The van der Waals surface area contributed by atoms with E-state index in [2.05, 4.69) is 45.3 Å². The van der Waals surface area contributed by atoms with Gasteiger partial charge in [0.15, 0.2) is 5.84 Å². The number of allylic oxidation sites excluding steroid dienone is 2. The maximum atomic E-state index is 13.1. The molecule has 1 aromatic rings. The second kappa shape index (κ2) is 11.4. The number of nitrogens with zero attached hydrogens (tertiary/aromatic N) is 5. The molecule has 0 aromatic heterocycles. The summed E-state index contributed by atoms with van der Waals surface area (Å²) in [5, 5.41) is 2.96. The van der Waals surface area contributed by atoms with Gasteiger partial charge in [0.05, 0.1) is 12.1 Å². The summed E-state index contributed by atoms with van der Waals surface area (Å²) in [5.41, 5.74) is 1.14. The zero-order valence-electron chi connectivity index (χ0n) is 21.3. The molecule has 0 bridgehead atoms. The van der Waals surface area contributed by atoms with Gasteiger partial charge in [-0.1, -0.05) is 54.6 Å². The normalized spacial score (nSPS) is 25.1. The molecule has 1 N–H and O–H groups in total. The van der Waals surface area contributed by atoms with Crippen LogP contribution in [0.5, 0.6) is 0 Å². The maximum Gasteiger partial charge on any atom is 0.286 e. The number of piperidine rings is 1. The minimum Gasteiger partial charge on any atom is -0.349 e. The van der Waals surface area contributed by atoms with Gasteiger partial charge in [0.25, 0.3) is 5.91 Å². The number of benzene rings is 1. The van der Waals surface area contributed by atoms with Crippen molar-refractivity contribution in [2.75, 3.05) is 52.9 Å². The van der Waals surface area contributed by atoms with Crippen LogP contribution in [-0.2, 0) is 16.1 Å². The number of nitrogens with one attached hydrogen (secondary N) is 1. The van der Waals surface area contributed by atoms with E-state index in [1.807, 2.05) is 41.3 Å². The SMILES string of the molecule is CN1CCC(N2CCN(C(=O)CCNC(=O)C3=NC4C=CC=CC4N3Cc3ccccc3)CC2)CC1. The third kappa shape index (κ3) is 5.71. The fourth-order valence-electron chi connectivity index (χ4n) is 5.71. The third-order valence-corrected chi connectivity index (χ3v) is 7.88. The Morgan fingerprint density at radius 3 is 2.44 bits per heavy atom. The van der Waals surface area contributed by atoms with Gasteiger partial charge < -0.3 is 20.0 Å². The first kappa shape index (κ1) is 24.7. The second-order valence-electron chi connectivity index (χ2n) is 10.3. The third-order valence-electron chi connectivity index (χ3n) is 7.88. The topological polar surface area (TPSA) is 71.5 Å². The van der Waals surface area contributed by atoms with Gasteiger partial charge in [-0.25, -0.2) is 0 Å². The van der Waals surface area contributed by atoms with E-state index in [-0.39, 0.29) is 23.9 Å². The second-order valence-corrected chi connectivity index (χ2v) is 10.3. The Morgan fingerprint density at radius 1 is 0.972 bits per heavy atom. The average molecular weight is 491 g/mol. The van der Waals surface area contributed by atoms with Crippen LogP contribution in [0.4, 0.5) is 0 Å². The van der Waals surface area contributed by atoms with E-state index in [0.29, 0.717) is 31.4 Å². The number of likely N-dealkylation sites (tertiary alicyclic amines) is 1. The van der Waals surface area contributed by atoms with Crippen molar-refractivity contribution in [2.45, 2.75) is 43.9 Å². The molecule has 2 saturated heterocycles. The van der Waals surface area contributed by atoms with Crippen LogP contribution in [0.15, 0.2) is 59.6 Å². The molecule has 2 unspecified atom stereocenters. The average Bonchev–Trinajstić information content (AvgIpc) is 3.28. The number of carbonyl (C=O) groups is 2. The Labute approximate surface area is 214 Å². The maximum absolute atomic E-state index is 13.1. The molecule has 0 spiro atoms. The fraction of sp³-hybridized carbons (Fsp3) is 0.536. The highest BCUT2D eigenvalue weighted by atomic mass is 16.2. The number of piperazine rings is 1. The lowest BCUT2D eigenvalue weighted by molar-refractivity contribution is -0.133. The zero-order chi connectivity index (χ0) is 24.9. The van der Waals surface area contributed by atoms with Crippen LogP contribution in [0.25, 0.3) is 0 Å². The summed E-state index contributed by atoms with van der Waals surface area (Å²) in [6, 6.07) is 10.8. The van der Waals surface area contributed by atoms with E-state index in [1.54, 1.807) is 0 Å². The Balaban J connectivity index is 1.10. The summed E-state index contributed by atoms with van der Waals surface area (Å²) in [7, 11) is 2.19. The van der Waals surface area contributed by atoms with E-state index in [1.165, 1.54) is 12.8 Å². The van der Waals surface area contributed by atoms with E-state index in [4.69, 9.17) is 4.99 Å². The Morgan fingerprint density at radius 2 is 1.69 bits per heavy atom. The molecule has 1 aromatic carbocycles. The zero-order valence-corrected chi connectivity index (χ0v) is 21.3. The molecule has 1 aliphatic carbocycles. The van der Waals surface area contributed by atoms with Crippen molar-refractivity contribution in [1.29, 1.82) is 0 Å². The number of hydrogen-bond acceptors (Lipinski definition) is 6. The van der Waals surface area contributed by atoms with Gasteiger partial charge in [-0.2, -0.15) is 0 Å². The molecular weight excluding hydrogens is 452 g/mol. The monoisotopic (exact) mass is 490 g/mol. The molecule has 2 fully saturated rings. The number of rotatable bonds is 7. The minimum atomic E-state index is -0.206. The molecule has 0 radical (unpaired) electrons. The predicted molar refractivity (Wildman–Crippen MR) is 142 cm³/mol. The van der Waals surface area contributed by atoms with Gasteiger partial charge in [-0.05, 0) is 38.5 Å². The number of carbonyl (C=O) groups excluding carboxylic acids is 2. The lowest BCUT2D eigenvalue weighted by Gasteiger charge is -2.42. The molecule has 4 aliphatic rings. The van der Waals surface area contributed by atoms with Gasteiger partial charge in [0, 0.05) is 51.7 Å². The summed E-state index contributed by atoms with van der Waals surface area (Å²) >= 11 is 0. The fourth-order valence-corrected chi connectivity index (χ4v) is 5.71. The predicted octanol–water partition coefficient (Wildman–Crippen LogP) is 1.51. The van der Waals surface area contributed by atoms with Crippen molar-refractivity contribution in [3.63, 3.8) is 0 Å². The number of fused-ring (bicyclic) bond motifs is 1. The van der Waals surface area contributed by atoms with Gasteiger partial charge in [-0.15, -0.1) is 0 Å². The molecule has 0 saturated carbocycles. The number of aliphatic imine (C=N–C) groups is 1. The Kier molecular flexibility index (Phi) is 7.82. The molecule has 2 atom stereocenters.